The quantitative estimate of drug-likeness (QED) is 0.536. The van der Waals surface area contributed by atoms with Crippen molar-refractivity contribution < 1.29 is 0 Å². The summed E-state index contributed by atoms with van der Waals surface area (Å²) in [6.07, 6.45) is 10.2. The monoisotopic (exact) mass is 195 g/mol. The molecule has 1 nitrogen and oxygen atoms in total. The Kier molecular flexibility index (Phi) is 5.24. The molecule has 1 aliphatic carbocycles. The largest absolute Gasteiger partial charge is 0.319 e. The number of rotatable bonds is 4. The van der Waals surface area contributed by atoms with E-state index >= 15 is 0 Å². The van der Waals surface area contributed by atoms with Gasteiger partial charge in [0.1, 0.15) is 0 Å². The second-order valence-electron chi connectivity index (χ2n) is 5.00. The zero-order valence-corrected chi connectivity index (χ0v) is 9.92. The molecular weight excluding hydrogens is 170 g/mol. The molecule has 2 atom stereocenters. The van der Waals surface area contributed by atoms with E-state index in [0.29, 0.717) is 0 Å². The molecule has 82 valence electrons. The third-order valence-corrected chi connectivity index (χ3v) is 3.18. The van der Waals surface area contributed by atoms with Gasteiger partial charge >= 0.3 is 0 Å². The first-order chi connectivity index (χ1) is 6.72. The normalized spacial score (nSPS) is 33.8. The topological polar surface area (TPSA) is 12.0 Å². The van der Waals surface area contributed by atoms with Gasteiger partial charge in [-0.3, -0.25) is 0 Å². The molecule has 0 radical (unpaired) electrons. The Hall–Kier alpha value is -0.300. The lowest BCUT2D eigenvalue weighted by molar-refractivity contribution is 0.252. The van der Waals surface area contributed by atoms with Gasteiger partial charge in [0, 0.05) is 0 Å². The summed E-state index contributed by atoms with van der Waals surface area (Å²) in [6.45, 7) is 5.89. The molecule has 1 heteroatoms. The molecule has 0 aromatic carbocycles. The molecule has 0 aliphatic heterocycles. The lowest BCUT2D eigenvalue weighted by Gasteiger charge is -2.29. The Labute approximate surface area is 89.0 Å². The van der Waals surface area contributed by atoms with Gasteiger partial charge in [0.25, 0.3) is 0 Å². The minimum absolute atomic E-state index is 0.852. The SMILES string of the molecule is CNCCC=CC1CC(C)CC(C)C1. The molecule has 1 fully saturated rings. The lowest BCUT2D eigenvalue weighted by atomic mass is 9.76. The van der Waals surface area contributed by atoms with Gasteiger partial charge in [0.2, 0.25) is 0 Å². The summed E-state index contributed by atoms with van der Waals surface area (Å²) in [4.78, 5) is 0. The number of hydrogen-bond acceptors (Lipinski definition) is 1. The second-order valence-corrected chi connectivity index (χ2v) is 5.00. The second kappa shape index (κ2) is 6.23. The first-order valence-electron chi connectivity index (χ1n) is 6.03. The van der Waals surface area contributed by atoms with Gasteiger partial charge in [-0.2, -0.15) is 0 Å². The molecule has 1 rings (SSSR count). The van der Waals surface area contributed by atoms with E-state index in [1.807, 2.05) is 7.05 Å². The van der Waals surface area contributed by atoms with E-state index in [4.69, 9.17) is 0 Å². The average molecular weight is 195 g/mol. The predicted octanol–water partition coefficient (Wildman–Crippen LogP) is 3.22. The molecule has 0 heterocycles. The van der Waals surface area contributed by atoms with Crippen molar-refractivity contribution in [3.8, 4) is 0 Å². The fourth-order valence-corrected chi connectivity index (χ4v) is 2.68. The van der Waals surface area contributed by atoms with Crippen molar-refractivity contribution in [2.24, 2.45) is 17.8 Å². The van der Waals surface area contributed by atoms with Crippen LogP contribution in [0.15, 0.2) is 12.2 Å². The summed E-state index contributed by atoms with van der Waals surface area (Å²) < 4.78 is 0. The van der Waals surface area contributed by atoms with Crippen LogP contribution in [0.3, 0.4) is 0 Å². The predicted molar refractivity (Wildman–Crippen MR) is 63.4 cm³/mol. The highest BCUT2D eigenvalue weighted by Gasteiger charge is 2.21. The van der Waals surface area contributed by atoms with Crippen LogP contribution < -0.4 is 5.32 Å². The zero-order valence-electron chi connectivity index (χ0n) is 9.92. The maximum atomic E-state index is 3.17. The van der Waals surface area contributed by atoms with Gasteiger partial charge in [-0.15, -0.1) is 0 Å². The maximum Gasteiger partial charge on any atom is -0.00173 e. The van der Waals surface area contributed by atoms with Crippen molar-refractivity contribution in [2.75, 3.05) is 13.6 Å². The standard InChI is InChI=1S/C13H25N/c1-11-8-12(2)10-13(9-11)6-4-5-7-14-3/h4,6,11-14H,5,7-10H2,1-3H3. The summed E-state index contributed by atoms with van der Waals surface area (Å²) in [5, 5.41) is 3.17. The molecule has 2 unspecified atom stereocenters. The van der Waals surface area contributed by atoms with Crippen LogP contribution in [0.25, 0.3) is 0 Å². The highest BCUT2D eigenvalue weighted by molar-refractivity contribution is 4.92. The van der Waals surface area contributed by atoms with Crippen molar-refractivity contribution in [1.29, 1.82) is 0 Å². The Balaban J connectivity index is 2.25. The van der Waals surface area contributed by atoms with Crippen LogP contribution in [0.1, 0.15) is 39.5 Å². The van der Waals surface area contributed by atoms with E-state index in [1.165, 1.54) is 25.7 Å². The van der Waals surface area contributed by atoms with Gasteiger partial charge < -0.3 is 5.32 Å². The Morgan fingerprint density at radius 1 is 1.14 bits per heavy atom. The van der Waals surface area contributed by atoms with E-state index in [0.717, 1.165) is 24.3 Å². The van der Waals surface area contributed by atoms with Crippen LogP contribution >= 0.6 is 0 Å². The average Bonchev–Trinajstić information content (AvgIpc) is 2.11. The molecule has 1 saturated carbocycles. The van der Waals surface area contributed by atoms with Crippen LogP contribution in [-0.4, -0.2) is 13.6 Å². The number of hydrogen-bond donors (Lipinski definition) is 1. The van der Waals surface area contributed by atoms with Gasteiger partial charge in [-0.1, -0.05) is 26.0 Å². The summed E-state index contributed by atoms with van der Waals surface area (Å²) in [7, 11) is 2.01. The molecule has 0 bridgehead atoms. The fraction of sp³-hybridized carbons (Fsp3) is 0.846. The third kappa shape index (κ3) is 4.28. The van der Waals surface area contributed by atoms with Gasteiger partial charge in [0.15, 0.2) is 0 Å². The van der Waals surface area contributed by atoms with Gasteiger partial charge in [-0.05, 0) is 57.0 Å². The van der Waals surface area contributed by atoms with Crippen molar-refractivity contribution in [2.45, 2.75) is 39.5 Å². The highest BCUT2D eigenvalue weighted by atomic mass is 14.8. The minimum atomic E-state index is 0.852. The first kappa shape index (κ1) is 11.8. The fourth-order valence-electron chi connectivity index (χ4n) is 2.68. The molecule has 0 aromatic rings. The number of nitrogens with one attached hydrogen (secondary N) is 1. The summed E-state index contributed by atoms with van der Waals surface area (Å²) >= 11 is 0. The molecule has 14 heavy (non-hydrogen) atoms. The van der Waals surface area contributed by atoms with Crippen molar-refractivity contribution in [3.63, 3.8) is 0 Å². The van der Waals surface area contributed by atoms with Crippen molar-refractivity contribution in [1.82, 2.24) is 5.32 Å². The molecule has 1 aliphatic rings. The molecule has 0 saturated heterocycles. The van der Waals surface area contributed by atoms with E-state index in [1.54, 1.807) is 0 Å². The first-order valence-corrected chi connectivity index (χ1v) is 6.03. The smallest absolute Gasteiger partial charge is 0.00173 e. The van der Waals surface area contributed by atoms with E-state index in [9.17, 15) is 0 Å². The molecular formula is C13H25N. The molecule has 1 N–H and O–H groups in total. The zero-order chi connectivity index (χ0) is 10.4. The van der Waals surface area contributed by atoms with Crippen LogP contribution in [0.2, 0.25) is 0 Å². The Morgan fingerprint density at radius 3 is 2.36 bits per heavy atom. The van der Waals surface area contributed by atoms with Crippen LogP contribution in [0.4, 0.5) is 0 Å². The Bertz CT molecular complexity index is 164. The van der Waals surface area contributed by atoms with E-state index < -0.39 is 0 Å². The minimum Gasteiger partial charge on any atom is -0.319 e. The highest BCUT2D eigenvalue weighted by Crippen LogP contribution is 2.33. The summed E-state index contributed by atoms with van der Waals surface area (Å²) in [6, 6.07) is 0. The van der Waals surface area contributed by atoms with Crippen molar-refractivity contribution in [3.05, 3.63) is 12.2 Å². The summed E-state index contributed by atoms with van der Waals surface area (Å²) in [5.41, 5.74) is 0. The van der Waals surface area contributed by atoms with Gasteiger partial charge in [0.05, 0.1) is 0 Å². The van der Waals surface area contributed by atoms with Crippen LogP contribution in [0.5, 0.6) is 0 Å². The van der Waals surface area contributed by atoms with E-state index in [-0.39, 0.29) is 0 Å². The lowest BCUT2D eigenvalue weighted by Crippen LogP contribution is -2.18. The molecule has 0 aromatic heterocycles. The summed E-state index contributed by atoms with van der Waals surface area (Å²) in [5.74, 6) is 2.71. The number of allylic oxidation sites excluding steroid dienone is 1. The van der Waals surface area contributed by atoms with Crippen molar-refractivity contribution >= 4 is 0 Å². The van der Waals surface area contributed by atoms with Crippen LogP contribution in [0, 0.1) is 17.8 Å². The maximum absolute atomic E-state index is 3.17. The van der Waals surface area contributed by atoms with E-state index in [2.05, 4.69) is 31.3 Å². The molecule has 0 amide bonds. The van der Waals surface area contributed by atoms with Gasteiger partial charge in [-0.25, -0.2) is 0 Å². The third-order valence-electron chi connectivity index (χ3n) is 3.18. The molecule has 0 spiro atoms. The van der Waals surface area contributed by atoms with Crippen LogP contribution in [-0.2, 0) is 0 Å². The Morgan fingerprint density at radius 2 is 1.79 bits per heavy atom.